The maximum atomic E-state index is 12.4. The molecule has 1 atom stereocenters. The third kappa shape index (κ3) is 3.47. The standard InChI is InChI=1S/C18H24O6/c1-5-23-17(19)16(18(20)24-6-2)12-8-7-11-9-14(21-3)15(22-4)10-13(11)12/h9-10,12,16H,5-8H2,1-4H3. The summed E-state index contributed by atoms with van der Waals surface area (Å²) in [5.74, 6) is -1.09. The number of carbonyl (C=O) groups is 2. The second-order valence-electron chi connectivity index (χ2n) is 5.53. The highest BCUT2D eigenvalue weighted by Crippen LogP contribution is 2.44. The molecule has 6 nitrogen and oxygen atoms in total. The summed E-state index contributed by atoms with van der Waals surface area (Å²) < 4.78 is 20.9. The van der Waals surface area contributed by atoms with E-state index in [0.717, 1.165) is 17.5 Å². The minimum absolute atomic E-state index is 0.222. The van der Waals surface area contributed by atoms with E-state index in [2.05, 4.69) is 0 Å². The summed E-state index contributed by atoms with van der Waals surface area (Å²) >= 11 is 0. The summed E-state index contributed by atoms with van der Waals surface area (Å²) in [5.41, 5.74) is 1.97. The van der Waals surface area contributed by atoms with E-state index in [1.165, 1.54) is 0 Å². The van der Waals surface area contributed by atoms with E-state index in [-0.39, 0.29) is 19.1 Å². The third-order valence-corrected chi connectivity index (χ3v) is 4.25. The largest absolute Gasteiger partial charge is 0.493 e. The lowest BCUT2D eigenvalue weighted by molar-refractivity contribution is -0.162. The van der Waals surface area contributed by atoms with Crippen molar-refractivity contribution < 1.29 is 28.5 Å². The van der Waals surface area contributed by atoms with Gasteiger partial charge in [-0.05, 0) is 49.9 Å². The first-order valence-corrected chi connectivity index (χ1v) is 8.15. The number of hydrogen-bond acceptors (Lipinski definition) is 6. The number of benzene rings is 1. The Kier molecular flexibility index (Phi) is 6.06. The molecule has 0 amide bonds. The first kappa shape index (κ1) is 18.1. The molecular weight excluding hydrogens is 312 g/mol. The lowest BCUT2D eigenvalue weighted by Crippen LogP contribution is -2.32. The van der Waals surface area contributed by atoms with Crippen molar-refractivity contribution in [1.29, 1.82) is 0 Å². The second kappa shape index (κ2) is 8.04. The van der Waals surface area contributed by atoms with Crippen LogP contribution in [0.4, 0.5) is 0 Å². The Morgan fingerprint density at radius 1 is 1.04 bits per heavy atom. The zero-order chi connectivity index (χ0) is 17.7. The van der Waals surface area contributed by atoms with Crippen molar-refractivity contribution in [1.82, 2.24) is 0 Å². The van der Waals surface area contributed by atoms with Crippen LogP contribution in [0, 0.1) is 5.92 Å². The molecule has 0 N–H and O–H groups in total. The van der Waals surface area contributed by atoms with Crippen molar-refractivity contribution in [2.45, 2.75) is 32.6 Å². The van der Waals surface area contributed by atoms with Crippen molar-refractivity contribution in [3.05, 3.63) is 23.3 Å². The van der Waals surface area contributed by atoms with E-state index in [9.17, 15) is 9.59 Å². The molecule has 0 spiro atoms. The Labute approximate surface area is 142 Å². The molecule has 1 aliphatic rings. The van der Waals surface area contributed by atoms with E-state index < -0.39 is 17.9 Å². The van der Waals surface area contributed by atoms with E-state index >= 15 is 0 Å². The normalized spacial score (nSPS) is 15.8. The van der Waals surface area contributed by atoms with Gasteiger partial charge in [0.05, 0.1) is 27.4 Å². The van der Waals surface area contributed by atoms with E-state index in [4.69, 9.17) is 18.9 Å². The van der Waals surface area contributed by atoms with Crippen LogP contribution in [0.1, 0.15) is 37.3 Å². The van der Waals surface area contributed by atoms with Crippen molar-refractivity contribution in [2.75, 3.05) is 27.4 Å². The summed E-state index contributed by atoms with van der Waals surface area (Å²) in [6.07, 6.45) is 1.43. The fraction of sp³-hybridized carbons (Fsp3) is 0.556. The SMILES string of the molecule is CCOC(=O)C(C(=O)OCC)C1CCc2cc(OC)c(OC)cc21. The molecule has 0 saturated carbocycles. The van der Waals surface area contributed by atoms with Crippen molar-refractivity contribution in [3.63, 3.8) is 0 Å². The molecule has 1 unspecified atom stereocenters. The number of hydrogen-bond donors (Lipinski definition) is 0. The van der Waals surface area contributed by atoms with Gasteiger partial charge in [0, 0.05) is 5.92 Å². The molecule has 1 aromatic rings. The Bertz CT molecular complexity index is 592. The Morgan fingerprint density at radius 3 is 2.08 bits per heavy atom. The number of rotatable bonds is 7. The van der Waals surface area contributed by atoms with Gasteiger partial charge in [0.25, 0.3) is 0 Å². The topological polar surface area (TPSA) is 71.1 Å². The highest BCUT2D eigenvalue weighted by Gasteiger charge is 2.41. The van der Waals surface area contributed by atoms with Gasteiger partial charge in [-0.25, -0.2) is 0 Å². The van der Waals surface area contributed by atoms with Crippen LogP contribution in [-0.2, 0) is 25.5 Å². The second-order valence-corrected chi connectivity index (χ2v) is 5.53. The van der Waals surface area contributed by atoms with Gasteiger partial charge < -0.3 is 18.9 Å². The van der Waals surface area contributed by atoms with Crippen LogP contribution in [0.25, 0.3) is 0 Å². The fourth-order valence-corrected chi connectivity index (χ4v) is 3.20. The van der Waals surface area contributed by atoms with E-state index in [1.807, 2.05) is 12.1 Å². The van der Waals surface area contributed by atoms with Crippen molar-refractivity contribution in [2.24, 2.45) is 5.92 Å². The first-order chi connectivity index (χ1) is 11.6. The molecule has 0 saturated heterocycles. The maximum Gasteiger partial charge on any atom is 0.320 e. The van der Waals surface area contributed by atoms with Crippen LogP contribution in [0.15, 0.2) is 12.1 Å². The van der Waals surface area contributed by atoms with Crippen LogP contribution in [0.2, 0.25) is 0 Å². The van der Waals surface area contributed by atoms with E-state index in [1.54, 1.807) is 28.1 Å². The number of methoxy groups -OCH3 is 2. The summed E-state index contributed by atoms with van der Waals surface area (Å²) in [6.45, 7) is 3.88. The summed E-state index contributed by atoms with van der Waals surface area (Å²) in [4.78, 5) is 24.7. The molecule has 0 heterocycles. The molecule has 0 fully saturated rings. The van der Waals surface area contributed by atoms with Gasteiger partial charge in [0.2, 0.25) is 0 Å². The van der Waals surface area contributed by atoms with Crippen LogP contribution in [0.3, 0.4) is 0 Å². The van der Waals surface area contributed by atoms with Crippen molar-refractivity contribution in [3.8, 4) is 11.5 Å². The first-order valence-electron chi connectivity index (χ1n) is 8.15. The number of aryl methyl sites for hydroxylation is 1. The molecule has 24 heavy (non-hydrogen) atoms. The molecule has 1 aliphatic carbocycles. The summed E-state index contributed by atoms with van der Waals surface area (Å²) in [5, 5.41) is 0. The smallest absolute Gasteiger partial charge is 0.320 e. The minimum atomic E-state index is -0.954. The minimum Gasteiger partial charge on any atom is -0.493 e. The van der Waals surface area contributed by atoms with Gasteiger partial charge in [-0.15, -0.1) is 0 Å². The number of ether oxygens (including phenoxy) is 4. The predicted octanol–water partition coefficient (Wildman–Crippen LogP) is 2.48. The quantitative estimate of drug-likeness (QED) is 0.563. The van der Waals surface area contributed by atoms with Gasteiger partial charge in [0.15, 0.2) is 17.4 Å². The molecule has 1 aromatic carbocycles. The fourth-order valence-electron chi connectivity index (χ4n) is 3.20. The van der Waals surface area contributed by atoms with Crippen LogP contribution in [0.5, 0.6) is 11.5 Å². The van der Waals surface area contributed by atoms with Crippen LogP contribution in [-0.4, -0.2) is 39.4 Å². The highest BCUT2D eigenvalue weighted by atomic mass is 16.6. The number of carbonyl (C=O) groups excluding carboxylic acids is 2. The Balaban J connectivity index is 2.40. The highest BCUT2D eigenvalue weighted by molar-refractivity contribution is 5.96. The zero-order valence-corrected chi connectivity index (χ0v) is 14.6. The van der Waals surface area contributed by atoms with Crippen LogP contribution < -0.4 is 9.47 Å². The number of fused-ring (bicyclic) bond motifs is 1. The third-order valence-electron chi connectivity index (χ3n) is 4.25. The monoisotopic (exact) mass is 336 g/mol. The molecule has 6 heteroatoms. The zero-order valence-electron chi connectivity index (χ0n) is 14.6. The molecular formula is C18H24O6. The molecule has 2 rings (SSSR count). The van der Waals surface area contributed by atoms with Gasteiger partial charge in [-0.2, -0.15) is 0 Å². The molecule has 0 radical (unpaired) electrons. The predicted molar refractivity (Wildman–Crippen MR) is 87.4 cm³/mol. The van der Waals surface area contributed by atoms with E-state index in [0.29, 0.717) is 17.9 Å². The summed E-state index contributed by atoms with van der Waals surface area (Å²) in [6, 6.07) is 3.75. The molecule has 132 valence electrons. The summed E-state index contributed by atoms with van der Waals surface area (Å²) in [7, 11) is 3.14. The van der Waals surface area contributed by atoms with Gasteiger partial charge in [-0.1, -0.05) is 0 Å². The average molecular weight is 336 g/mol. The Morgan fingerprint density at radius 2 is 1.58 bits per heavy atom. The van der Waals surface area contributed by atoms with Crippen molar-refractivity contribution >= 4 is 11.9 Å². The van der Waals surface area contributed by atoms with Gasteiger partial charge >= 0.3 is 11.9 Å². The number of esters is 2. The maximum absolute atomic E-state index is 12.4. The molecule has 0 aliphatic heterocycles. The lowest BCUT2D eigenvalue weighted by Gasteiger charge is -2.21. The van der Waals surface area contributed by atoms with Gasteiger partial charge in [-0.3, -0.25) is 9.59 Å². The molecule has 0 aromatic heterocycles. The lowest BCUT2D eigenvalue weighted by atomic mass is 9.87. The molecule has 0 bridgehead atoms. The average Bonchev–Trinajstić information content (AvgIpc) is 2.97. The van der Waals surface area contributed by atoms with Gasteiger partial charge in [0.1, 0.15) is 0 Å². The van der Waals surface area contributed by atoms with Crippen LogP contribution >= 0.6 is 0 Å². The Hall–Kier alpha value is -2.24.